The van der Waals surface area contributed by atoms with E-state index in [2.05, 4.69) is 58.3 Å². The fraction of sp³-hybridized carbons (Fsp3) is 0.583. The lowest BCUT2D eigenvalue weighted by Crippen LogP contribution is -2.38. The summed E-state index contributed by atoms with van der Waals surface area (Å²) in [5.74, 6) is 2.40. The number of nitrogens with one attached hydrogen (secondary N) is 2. The van der Waals surface area contributed by atoms with Crippen molar-refractivity contribution in [3.05, 3.63) is 53.6 Å². The van der Waals surface area contributed by atoms with E-state index in [1.54, 1.807) is 0 Å². The van der Waals surface area contributed by atoms with Crippen molar-refractivity contribution >= 4 is 5.96 Å². The first kappa shape index (κ1) is 22.3. The second-order valence-electron chi connectivity index (χ2n) is 8.13. The molecule has 0 amide bonds. The van der Waals surface area contributed by atoms with Crippen molar-refractivity contribution in [2.24, 2.45) is 10.9 Å². The molecule has 2 atom stereocenters. The van der Waals surface area contributed by atoms with E-state index >= 15 is 0 Å². The zero-order valence-corrected chi connectivity index (χ0v) is 18.7. The first-order chi connectivity index (χ1) is 14.7. The van der Waals surface area contributed by atoms with Gasteiger partial charge in [-0.1, -0.05) is 29.8 Å². The summed E-state index contributed by atoms with van der Waals surface area (Å²) in [4.78, 5) is 9.17. The number of hydrogen-bond donors (Lipinski definition) is 2. The van der Waals surface area contributed by atoms with E-state index < -0.39 is 0 Å². The molecule has 2 aromatic rings. The lowest BCUT2D eigenvalue weighted by molar-refractivity contribution is -0.0250. The van der Waals surface area contributed by atoms with Gasteiger partial charge in [0.1, 0.15) is 5.82 Å². The van der Waals surface area contributed by atoms with Gasteiger partial charge in [-0.15, -0.1) is 0 Å². The number of hydrogen-bond acceptors (Lipinski definition) is 3. The first-order valence-electron chi connectivity index (χ1n) is 11.4. The Morgan fingerprint density at radius 2 is 2.03 bits per heavy atom. The van der Waals surface area contributed by atoms with Crippen molar-refractivity contribution in [3.63, 3.8) is 0 Å². The molecule has 30 heavy (non-hydrogen) atoms. The topological polar surface area (TPSA) is 63.5 Å². The number of guanidine groups is 1. The van der Waals surface area contributed by atoms with Gasteiger partial charge in [0.2, 0.25) is 0 Å². The van der Waals surface area contributed by atoms with Crippen molar-refractivity contribution in [2.75, 3.05) is 26.2 Å². The van der Waals surface area contributed by atoms with E-state index in [9.17, 15) is 0 Å². The maximum atomic E-state index is 6.15. The van der Waals surface area contributed by atoms with Gasteiger partial charge in [0.15, 0.2) is 5.96 Å². The molecule has 2 unspecified atom stereocenters. The first-order valence-corrected chi connectivity index (χ1v) is 11.4. The third-order valence-corrected chi connectivity index (χ3v) is 5.72. The molecule has 0 radical (unpaired) electrons. The van der Waals surface area contributed by atoms with Crippen LogP contribution in [0.25, 0.3) is 0 Å². The van der Waals surface area contributed by atoms with E-state index in [0.29, 0.717) is 5.92 Å². The number of ether oxygens (including phenoxy) is 1. The van der Waals surface area contributed by atoms with E-state index in [1.807, 2.05) is 19.3 Å². The van der Waals surface area contributed by atoms with Crippen LogP contribution in [0.1, 0.15) is 55.7 Å². The summed E-state index contributed by atoms with van der Waals surface area (Å²) in [5, 5.41) is 6.87. The molecule has 164 valence electrons. The second-order valence-corrected chi connectivity index (χ2v) is 8.13. The number of aryl methyl sites for hydroxylation is 3. The molecule has 6 nitrogen and oxygen atoms in total. The molecule has 0 saturated carbocycles. The number of aliphatic imine (C=N–C) groups is 1. The molecule has 3 rings (SSSR count). The van der Waals surface area contributed by atoms with Crippen LogP contribution in [0.4, 0.5) is 0 Å². The summed E-state index contributed by atoms with van der Waals surface area (Å²) >= 11 is 0. The van der Waals surface area contributed by atoms with Crippen molar-refractivity contribution in [3.8, 4) is 0 Å². The maximum absolute atomic E-state index is 6.15. The molecule has 1 aliphatic heterocycles. The minimum Gasteiger partial charge on any atom is -0.373 e. The highest BCUT2D eigenvalue weighted by atomic mass is 16.5. The number of unbranched alkanes of at least 4 members (excludes halogenated alkanes) is 1. The number of imidazole rings is 1. The molecule has 1 aliphatic rings. The number of nitrogens with zero attached hydrogens (tertiary/aromatic N) is 3. The predicted molar refractivity (Wildman–Crippen MR) is 123 cm³/mol. The second kappa shape index (κ2) is 11.7. The van der Waals surface area contributed by atoms with Crippen molar-refractivity contribution in [1.29, 1.82) is 0 Å². The minimum atomic E-state index is 0.143. The lowest BCUT2D eigenvalue weighted by Gasteiger charge is -2.31. The van der Waals surface area contributed by atoms with Crippen LogP contribution in [0.2, 0.25) is 0 Å². The standard InChI is InChI=1S/C24H37N5O/c1-4-25-24(27-13-5-6-15-29-16-14-26-20(29)3)28-18-22-8-7-17-30-23(22)21-11-9-19(2)10-12-21/h9-12,14,16,22-23H,4-8,13,15,17-18H2,1-3H3,(H2,25,27,28). The van der Waals surface area contributed by atoms with Gasteiger partial charge >= 0.3 is 0 Å². The highest BCUT2D eigenvalue weighted by Crippen LogP contribution is 2.33. The molecule has 1 aromatic carbocycles. The third kappa shape index (κ3) is 6.59. The largest absolute Gasteiger partial charge is 0.373 e. The van der Waals surface area contributed by atoms with Gasteiger partial charge in [0.05, 0.1) is 6.10 Å². The molecule has 6 heteroatoms. The van der Waals surface area contributed by atoms with Gasteiger partial charge < -0.3 is 19.9 Å². The van der Waals surface area contributed by atoms with Crippen LogP contribution >= 0.6 is 0 Å². The average Bonchev–Trinajstić information content (AvgIpc) is 3.17. The van der Waals surface area contributed by atoms with Crippen molar-refractivity contribution < 1.29 is 4.74 Å². The van der Waals surface area contributed by atoms with E-state index in [4.69, 9.17) is 9.73 Å². The molecular formula is C24H37N5O. The molecule has 2 N–H and O–H groups in total. The van der Waals surface area contributed by atoms with Crippen LogP contribution in [0.5, 0.6) is 0 Å². The van der Waals surface area contributed by atoms with E-state index in [-0.39, 0.29) is 6.10 Å². The lowest BCUT2D eigenvalue weighted by atomic mass is 9.89. The van der Waals surface area contributed by atoms with Crippen LogP contribution in [-0.4, -0.2) is 41.8 Å². The van der Waals surface area contributed by atoms with Crippen LogP contribution < -0.4 is 10.6 Å². The smallest absolute Gasteiger partial charge is 0.191 e. The molecule has 1 aromatic heterocycles. The summed E-state index contributed by atoms with van der Waals surface area (Å²) in [5.41, 5.74) is 2.55. The highest BCUT2D eigenvalue weighted by Gasteiger charge is 2.27. The summed E-state index contributed by atoms with van der Waals surface area (Å²) in [7, 11) is 0. The van der Waals surface area contributed by atoms with Gasteiger partial charge in [-0.25, -0.2) is 4.98 Å². The summed E-state index contributed by atoms with van der Waals surface area (Å²) in [6.07, 6.45) is 8.54. The predicted octanol–water partition coefficient (Wildman–Crippen LogP) is 4.00. The monoisotopic (exact) mass is 411 g/mol. The highest BCUT2D eigenvalue weighted by molar-refractivity contribution is 5.79. The Kier molecular flexibility index (Phi) is 8.75. The third-order valence-electron chi connectivity index (χ3n) is 5.72. The van der Waals surface area contributed by atoms with Crippen LogP contribution in [-0.2, 0) is 11.3 Å². The molecular weight excluding hydrogens is 374 g/mol. The molecule has 0 aliphatic carbocycles. The Balaban J connectivity index is 1.49. The SMILES string of the molecule is CCNC(=NCC1CCCOC1c1ccc(C)cc1)NCCCCn1ccnc1C. The summed E-state index contributed by atoms with van der Waals surface area (Å²) in [6.45, 7) is 10.7. The Bertz CT molecular complexity index is 783. The Morgan fingerprint density at radius 1 is 1.20 bits per heavy atom. The fourth-order valence-electron chi connectivity index (χ4n) is 3.96. The number of aromatic nitrogens is 2. The molecule has 2 heterocycles. The normalized spacial score (nSPS) is 19.6. The fourth-order valence-corrected chi connectivity index (χ4v) is 3.96. The van der Waals surface area contributed by atoms with Gasteiger partial charge in [0, 0.05) is 51.1 Å². The van der Waals surface area contributed by atoms with Gasteiger partial charge in [-0.2, -0.15) is 0 Å². The Morgan fingerprint density at radius 3 is 2.77 bits per heavy atom. The Labute approximate surface area is 181 Å². The van der Waals surface area contributed by atoms with Crippen molar-refractivity contribution in [1.82, 2.24) is 20.2 Å². The number of rotatable bonds is 9. The molecule has 0 spiro atoms. The van der Waals surface area contributed by atoms with E-state index in [0.717, 1.165) is 70.3 Å². The molecule has 1 fully saturated rings. The zero-order chi connectivity index (χ0) is 21.2. The van der Waals surface area contributed by atoms with Crippen LogP contribution in [0.3, 0.4) is 0 Å². The maximum Gasteiger partial charge on any atom is 0.191 e. The summed E-state index contributed by atoms with van der Waals surface area (Å²) < 4.78 is 8.35. The van der Waals surface area contributed by atoms with Crippen molar-refractivity contribution in [2.45, 2.75) is 59.1 Å². The van der Waals surface area contributed by atoms with Crippen LogP contribution in [0, 0.1) is 19.8 Å². The average molecular weight is 412 g/mol. The Hall–Kier alpha value is -2.34. The zero-order valence-electron chi connectivity index (χ0n) is 18.7. The van der Waals surface area contributed by atoms with Gasteiger partial charge in [-0.3, -0.25) is 4.99 Å². The van der Waals surface area contributed by atoms with Gasteiger partial charge in [0.25, 0.3) is 0 Å². The minimum absolute atomic E-state index is 0.143. The number of benzene rings is 1. The quantitative estimate of drug-likeness (QED) is 0.372. The molecule has 0 bridgehead atoms. The summed E-state index contributed by atoms with van der Waals surface area (Å²) in [6, 6.07) is 8.75. The van der Waals surface area contributed by atoms with Gasteiger partial charge in [-0.05, 0) is 52.0 Å². The van der Waals surface area contributed by atoms with E-state index in [1.165, 1.54) is 11.1 Å². The molecule has 1 saturated heterocycles. The van der Waals surface area contributed by atoms with Crippen LogP contribution in [0.15, 0.2) is 41.7 Å².